The van der Waals surface area contributed by atoms with Crippen LogP contribution in [0.15, 0.2) is 41.7 Å². The van der Waals surface area contributed by atoms with Crippen molar-refractivity contribution in [3.8, 4) is 0 Å². The zero-order valence-electron chi connectivity index (χ0n) is 13.8. The highest BCUT2D eigenvalue weighted by Crippen LogP contribution is 2.29. The molecule has 1 N–H and O–H groups in total. The lowest BCUT2D eigenvalue weighted by Gasteiger charge is -2.22. The lowest BCUT2D eigenvalue weighted by molar-refractivity contribution is -0.137. The molecule has 1 heterocycles. The molecule has 8 heteroatoms. The maximum Gasteiger partial charge on any atom is 0.416 e. The Kier molecular flexibility index (Phi) is 5.48. The first-order valence-corrected chi connectivity index (χ1v) is 7.35. The van der Waals surface area contributed by atoms with E-state index in [1.54, 1.807) is 17.9 Å². The van der Waals surface area contributed by atoms with Gasteiger partial charge in [0.2, 0.25) is 0 Å². The highest BCUT2D eigenvalue weighted by molar-refractivity contribution is 5.79. The van der Waals surface area contributed by atoms with Crippen LogP contribution in [0.2, 0.25) is 0 Å². The van der Waals surface area contributed by atoms with Gasteiger partial charge in [0.15, 0.2) is 5.96 Å². The smallest absolute Gasteiger partial charge is 0.352 e. The normalized spacial score (nSPS) is 12.3. The summed E-state index contributed by atoms with van der Waals surface area (Å²) >= 11 is 0. The van der Waals surface area contributed by atoms with E-state index in [2.05, 4.69) is 15.4 Å². The quantitative estimate of drug-likeness (QED) is 0.688. The van der Waals surface area contributed by atoms with Gasteiger partial charge >= 0.3 is 6.18 Å². The maximum atomic E-state index is 12.6. The number of nitrogens with one attached hydrogen (secondary N) is 1. The van der Waals surface area contributed by atoms with Gasteiger partial charge in [0.1, 0.15) is 0 Å². The Labute approximate surface area is 138 Å². The molecule has 0 radical (unpaired) electrons. The van der Waals surface area contributed by atoms with Crippen molar-refractivity contribution in [2.45, 2.75) is 19.3 Å². The molecule has 0 bridgehead atoms. The van der Waals surface area contributed by atoms with Crippen molar-refractivity contribution in [1.82, 2.24) is 20.0 Å². The molecule has 0 saturated carbocycles. The summed E-state index contributed by atoms with van der Waals surface area (Å²) in [5.74, 6) is 0.652. The Morgan fingerprint density at radius 3 is 2.42 bits per heavy atom. The molecule has 1 aromatic heterocycles. The van der Waals surface area contributed by atoms with E-state index >= 15 is 0 Å². The van der Waals surface area contributed by atoms with E-state index in [0.717, 1.165) is 23.3 Å². The largest absolute Gasteiger partial charge is 0.416 e. The molecule has 130 valence electrons. The summed E-state index contributed by atoms with van der Waals surface area (Å²) in [6, 6.07) is 5.14. The second-order valence-electron chi connectivity index (χ2n) is 5.47. The number of halogens is 3. The van der Waals surface area contributed by atoms with Crippen molar-refractivity contribution in [2.24, 2.45) is 12.0 Å². The topological polar surface area (TPSA) is 45.5 Å². The Morgan fingerprint density at radius 1 is 1.25 bits per heavy atom. The van der Waals surface area contributed by atoms with E-state index in [-0.39, 0.29) is 0 Å². The van der Waals surface area contributed by atoms with Gasteiger partial charge in [0, 0.05) is 46.0 Å². The van der Waals surface area contributed by atoms with Gasteiger partial charge in [-0.25, -0.2) is 0 Å². The van der Waals surface area contributed by atoms with Crippen LogP contribution in [-0.2, 0) is 26.3 Å². The summed E-state index contributed by atoms with van der Waals surface area (Å²) in [4.78, 5) is 6.03. The number of guanidine groups is 1. The molecular weight excluding hydrogens is 319 g/mol. The monoisotopic (exact) mass is 339 g/mol. The highest BCUT2D eigenvalue weighted by Gasteiger charge is 2.29. The summed E-state index contributed by atoms with van der Waals surface area (Å²) < 4.78 is 39.5. The van der Waals surface area contributed by atoms with Crippen LogP contribution in [0.1, 0.15) is 16.7 Å². The van der Waals surface area contributed by atoms with Crippen molar-refractivity contribution in [3.05, 3.63) is 53.3 Å². The summed E-state index contributed by atoms with van der Waals surface area (Å²) in [5.41, 5.74) is 1.14. The Morgan fingerprint density at radius 2 is 1.92 bits per heavy atom. The van der Waals surface area contributed by atoms with Crippen molar-refractivity contribution in [3.63, 3.8) is 0 Å². The van der Waals surface area contributed by atoms with Gasteiger partial charge in [-0.15, -0.1) is 0 Å². The first kappa shape index (κ1) is 17.8. The molecule has 1 aromatic carbocycles. The van der Waals surface area contributed by atoms with Gasteiger partial charge < -0.3 is 10.2 Å². The van der Waals surface area contributed by atoms with E-state index in [0.29, 0.717) is 19.0 Å². The second kappa shape index (κ2) is 7.37. The fraction of sp³-hybridized carbons (Fsp3) is 0.375. The van der Waals surface area contributed by atoms with Gasteiger partial charge in [-0.1, -0.05) is 12.1 Å². The minimum atomic E-state index is -4.31. The van der Waals surface area contributed by atoms with Crippen LogP contribution in [0.5, 0.6) is 0 Å². The zero-order chi connectivity index (χ0) is 17.7. The molecule has 0 aliphatic carbocycles. The van der Waals surface area contributed by atoms with Gasteiger partial charge in [-0.05, 0) is 17.7 Å². The van der Waals surface area contributed by atoms with Crippen LogP contribution >= 0.6 is 0 Å². The van der Waals surface area contributed by atoms with Gasteiger partial charge in [0.25, 0.3) is 0 Å². The van der Waals surface area contributed by atoms with Crippen molar-refractivity contribution in [1.29, 1.82) is 0 Å². The predicted molar refractivity (Wildman–Crippen MR) is 86.3 cm³/mol. The van der Waals surface area contributed by atoms with Gasteiger partial charge in [0.05, 0.1) is 11.8 Å². The maximum absolute atomic E-state index is 12.6. The summed E-state index contributed by atoms with van der Waals surface area (Å²) in [7, 11) is 5.33. The van der Waals surface area contributed by atoms with E-state index in [4.69, 9.17) is 0 Å². The van der Waals surface area contributed by atoms with E-state index in [1.807, 2.05) is 25.2 Å². The number of hydrogen-bond donors (Lipinski definition) is 1. The molecule has 0 amide bonds. The molecule has 2 aromatic rings. The Balaban J connectivity index is 1.95. The molecule has 0 fully saturated rings. The highest BCUT2D eigenvalue weighted by atomic mass is 19.4. The number of hydrogen-bond acceptors (Lipinski definition) is 2. The van der Waals surface area contributed by atoms with Crippen LogP contribution in [0.25, 0.3) is 0 Å². The van der Waals surface area contributed by atoms with Crippen molar-refractivity contribution in [2.75, 3.05) is 14.1 Å². The molecule has 24 heavy (non-hydrogen) atoms. The number of aryl methyl sites for hydroxylation is 1. The average molecular weight is 339 g/mol. The first-order valence-electron chi connectivity index (χ1n) is 7.35. The number of nitrogens with zero attached hydrogens (tertiary/aromatic N) is 4. The molecule has 0 saturated heterocycles. The molecule has 0 aliphatic heterocycles. The first-order chi connectivity index (χ1) is 11.3. The number of rotatable bonds is 4. The number of aliphatic imine (C=N–C) groups is 1. The van der Waals surface area contributed by atoms with Crippen LogP contribution in [0, 0.1) is 0 Å². The molecule has 2 rings (SSSR count). The van der Waals surface area contributed by atoms with Crippen LogP contribution < -0.4 is 5.32 Å². The summed E-state index contributed by atoms with van der Waals surface area (Å²) in [6.45, 7) is 1.02. The minimum absolute atomic E-state index is 0.449. The molecule has 0 spiro atoms. The third kappa shape index (κ3) is 4.74. The fourth-order valence-electron chi connectivity index (χ4n) is 2.28. The molecule has 0 aliphatic rings. The summed E-state index contributed by atoms with van der Waals surface area (Å²) in [6.07, 6.45) is -0.655. The van der Waals surface area contributed by atoms with Gasteiger partial charge in [-0.2, -0.15) is 18.3 Å². The van der Waals surface area contributed by atoms with Crippen molar-refractivity contribution < 1.29 is 13.2 Å². The molecule has 0 atom stereocenters. The number of alkyl halides is 3. The third-order valence-electron chi connectivity index (χ3n) is 3.48. The molecule has 0 unspecified atom stereocenters. The lowest BCUT2D eigenvalue weighted by Crippen LogP contribution is -2.38. The Bertz CT molecular complexity index is 688. The molecular formula is C16H20F3N5. The minimum Gasteiger partial charge on any atom is -0.352 e. The zero-order valence-corrected chi connectivity index (χ0v) is 13.8. The van der Waals surface area contributed by atoms with Crippen LogP contribution in [0.4, 0.5) is 13.2 Å². The predicted octanol–water partition coefficient (Wildman–Crippen LogP) is 2.65. The second-order valence-corrected chi connectivity index (χ2v) is 5.47. The van der Waals surface area contributed by atoms with E-state index in [1.165, 1.54) is 12.1 Å². The average Bonchev–Trinajstić information content (AvgIpc) is 2.93. The molecule has 5 nitrogen and oxygen atoms in total. The van der Waals surface area contributed by atoms with Gasteiger partial charge in [-0.3, -0.25) is 9.67 Å². The lowest BCUT2D eigenvalue weighted by atomic mass is 10.1. The Hall–Kier alpha value is -2.51. The third-order valence-corrected chi connectivity index (χ3v) is 3.48. The van der Waals surface area contributed by atoms with E-state index in [9.17, 15) is 13.2 Å². The number of aromatic nitrogens is 2. The summed E-state index contributed by atoms with van der Waals surface area (Å²) in [5, 5.41) is 7.29. The van der Waals surface area contributed by atoms with Crippen LogP contribution in [-0.4, -0.2) is 34.7 Å². The SMILES string of the molecule is CN=C(NCc1cnn(C)c1)N(C)Cc1ccc(C(F)(F)F)cc1. The standard InChI is InChI=1S/C16H20F3N5/c1-20-15(21-8-13-9-22-24(3)11-13)23(2)10-12-4-6-14(7-5-12)16(17,18)19/h4-7,9,11H,8,10H2,1-3H3,(H,20,21). The fourth-order valence-corrected chi connectivity index (χ4v) is 2.28. The van der Waals surface area contributed by atoms with E-state index < -0.39 is 11.7 Å². The number of benzene rings is 1. The van der Waals surface area contributed by atoms with Crippen molar-refractivity contribution >= 4 is 5.96 Å². The van der Waals surface area contributed by atoms with Crippen LogP contribution in [0.3, 0.4) is 0 Å².